The van der Waals surface area contributed by atoms with Gasteiger partial charge in [-0.2, -0.15) is 0 Å². The van der Waals surface area contributed by atoms with E-state index in [-0.39, 0.29) is 39.9 Å². The molecule has 2 aromatic rings. The topological polar surface area (TPSA) is 105 Å². The predicted molar refractivity (Wildman–Crippen MR) is 96.4 cm³/mol. The van der Waals surface area contributed by atoms with E-state index in [0.29, 0.717) is 11.4 Å². The van der Waals surface area contributed by atoms with Crippen molar-refractivity contribution in [2.75, 3.05) is 24.3 Å². The summed E-state index contributed by atoms with van der Waals surface area (Å²) >= 11 is 6.17. The number of amides is 4. The number of halogens is 1. The zero-order valence-electron chi connectivity index (χ0n) is 14.0. The Kier molecular flexibility index (Phi) is 3.85. The summed E-state index contributed by atoms with van der Waals surface area (Å²) in [5.41, 5.74) is 1.34. The van der Waals surface area contributed by atoms with Crippen molar-refractivity contribution in [3.8, 4) is 5.75 Å². The van der Waals surface area contributed by atoms with Crippen molar-refractivity contribution in [3.63, 3.8) is 0 Å². The smallest absolute Gasteiger partial charge is 0.262 e. The SMILES string of the molecule is CN1C(=O)c2ccc(C(=O)Nc3cc4c(cc3Cl)NC(=O)CO4)cc2C1=O. The average Bonchev–Trinajstić information content (AvgIpc) is 2.86. The number of carbonyl (C=O) groups excluding carboxylic acids is 4. The van der Waals surface area contributed by atoms with Crippen molar-refractivity contribution in [2.24, 2.45) is 0 Å². The van der Waals surface area contributed by atoms with E-state index in [0.717, 1.165) is 4.90 Å². The third kappa shape index (κ3) is 2.80. The Morgan fingerprint density at radius 3 is 2.67 bits per heavy atom. The van der Waals surface area contributed by atoms with Gasteiger partial charge in [0.25, 0.3) is 23.6 Å². The van der Waals surface area contributed by atoms with Crippen LogP contribution < -0.4 is 15.4 Å². The second-order valence-corrected chi connectivity index (χ2v) is 6.46. The van der Waals surface area contributed by atoms with Gasteiger partial charge in [0, 0.05) is 18.7 Å². The zero-order valence-corrected chi connectivity index (χ0v) is 14.7. The second-order valence-electron chi connectivity index (χ2n) is 6.05. The summed E-state index contributed by atoms with van der Waals surface area (Å²) < 4.78 is 5.31. The molecule has 2 aromatic carbocycles. The Bertz CT molecular complexity index is 1050. The number of benzene rings is 2. The van der Waals surface area contributed by atoms with Crippen molar-refractivity contribution in [1.29, 1.82) is 0 Å². The van der Waals surface area contributed by atoms with Gasteiger partial charge in [0.05, 0.1) is 27.5 Å². The van der Waals surface area contributed by atoms with Gasteiger partial charge in [-0.1, -0.05) is 11.6 Å². The van der Waals surface area contributed by atoms with Crippen molar-refractivity contribution >= 4 is 46.6 Å². The fraction of sp³-hybridized carbons (Fsp3) is 0.111. The minimum absolute atomic E-state index is 0.128. The Morgan fingerprint density at radius 1 is 1.15 bits per heavy atom. The van der Waals surface area contributed by atoms with E-state index in [9.17, 15) is 19.2 Å². The molecule has 136 valence electrons. The molecule has 0 aliphatic carbocycles. The molecule has 8 nitrogen and oxygen atoms in total. The summed E-state index contributed by atoms with van der Waals surface area (Å²) in [6.45, 7) is -0.128. The highest BCUT2D eigenvalue weighted by Gasteiger charge is 2.33. The first-order valence-corrected chi connectivity index (χ1v) is 8.27. The van der Waals surface area contributed by atoms with Crippen LogP contribution in [0.3, 0.4) is 0 Å². The van der Waals surface area contributed by atoms with Crippen LogP contribution in [0.25, 0.3) is 0 Å². The van der Waals surface area contributed by atoms with E-state index in [2.05, 4.69) is 10.6 Å². The van der Waals surface area contributed by atoms with Crippen LogP contribution in [0.2, 0.25) is 5.02 Å². The van der Waals surface area contributed by atoms with Crippen LogP contribution in [-0.2, 0) is 4.79 Å². The van der Waals surface area contributed by atoms with Gasteiger partial charge in [-0.05, 0) is 24.3 Å². The first-order valence-electron chi connectivity index (χ1n) is 7.89. The molecule has 9 heteroatoms. The molecule has 2 aliphatic rings. The highest BCUT2D eigenvalue weighted by molar-refractivity contribution is 6.34. The first kappa shape index (κ1) is 17.0. The highest BCUT2D eigenvalue weighted by atomic mass is 35.5. The molecular formula is C18H12ClN3O5. The number of fused-ring (bicyclic) bond motifs is 2. The minimum Gasteiger partial charge on any atom is -0.482 e. The van der Waals surface area contributed by atoms with E-state index in [1.54, 1.807) is 0 Å². The lowest BCUT2D eigenvalue weighted by molar-refractivity contribution is -0.118. The maximum absolute atomic E-state index is 12.6. The normalized spacial score (nSPS) is 15.0. The molecule has 2 N–H and O–H groups in total. The largest absolute Gasteiger partial charge is 0.482 e. The van der Waals surface area contributed by atoms with Gasteiger partial charge < -0.3 is 15.4 Å². The van der Waals surface area contributed by atoms with E-state index >= 15 is 0 Å². The Morgan fingerprint density at radius 2 is 1.89 bits per heavy atom. The number of hydrogen-bond acceptors (Lipinski definition) is 5. The summed E-state index contributed by atoms with van der Waals surface area (Å²) in [5.74, 6) is -1.28. The predicted octanol–water partition coefficient (Wildman–Crippen LogP) is 2.15. The van der Waals surface area contributed by atoms with E-state index in [4.69, 9.17) is 16.3 Å². The summed E-state index contributed by atoms with van der Waals surface area (Å²) in [7, 11) is 1.38. The van der Waals surface area contributed by atoms with E-state index < -0.39 is 17.7 Å². The number of rotatable bonds is 2. The molecule has 0 bridgehead atoms. The minimum atomic E-state index is -0.505. The van der Waals surface area contributed by atoms with Crippen LogP contribution in [0.4, 0.5) is 11.4 Å². The molecule has 2 heterocycles. The molecule has 0 fully saturated rings. The standard InChI is InChI=1S/C18H12ClN3O5/c1-22-17(25)9-3-2-8(4-10(9)18(22)26)16(24)21-12-6-14-13(5-11(12)19)20-15(23)7-27-14/h2-6H,7H2,1H3,(H,20,23)(H,21,24). The fourth-order valence-corrected chi connectivity index (χ4v) is 3.10. The molecule has 0 spiro atoms. The van der Waals surface area contributed by atoms with Crippen LogP contribution >= 0.6 is 11.6 Å². The van der Waals surface area contributed by atoms with Gasteiger partial charge in [0.1, 0.15) is 5.75 Å². The number of anilines is 2. The summed E-state index contributed by atoms with van der Waals surface area (Å²) in [5, 5.41) is 5.47. The maximum Gasteiger partial charge on any atom is 0.262 e. The number of nitrogens with zero attached hydrogens (tertiary/aromatic N) is 1. The van der Waals surface area contributed by atoms with Crippen LogP contribution in [-0.4, -0.2) is 42.2 Å². The van der Waals surface area contributed by atoms with Crippen LogP contribution in [0.5, 0.6) is 5.75 Å². The molecule has 4 amide bonds. The molecule has 27 heavy (non-hydrogen) atoms. The molecule has 0 unspecified atom stereocenters. The lowest BCUT2D eigenvalue weighted by Crippen LogP contribution is -2.25. The third-order valence-electron chi connectivity index (χ3n) is 4.30. The summed E-state index contributed by atoms with van der Waals surface area (Å²) in [6, 6.07) is 7.26. The Labute approximate surface area is 158 Å². The highest BCUT2D eigenvalue weighted by Crippen LogP contribution is 2.36. The van der Waals surface area contributed by atoms with Crippen LogP contribution in [0, 0.1) is 0 Å². The van der Waals surface area contributed by atoms with Gasteiger partial charge in [-0.15, -0.1) is 0 Å². The molecular weight excluding hydrogens is 374 g/mol. The quantitative estimate of drug-likeness (QED) is 0.771. The van der Waals surface area contributed by atoms with Crippen molar-refractivity contribution in [1.82, 2.24) is 4.90 Å². The van der Waals surface area contributed by atoms with Crippen molar-refractivity contribution in [3.05, 3.63) is 52.0 Å². The maximum atomic E-state index is 12.6. The third-order valence-corrected chi connectivity index (χ3v) is 4.61. The molecule has 4 rings (SSSR count). The molecule has 0 aromatic heterocycles. The van der Waals surface area contributed by atoms with Crippen molar-refractivity contribution < 1.29 is 23.9 Å². The molecule has 2 aliphatic heterocycles. The second kappa shape index (κ2) is 6.10. The number of ether oxygens (including phenoxy) is 1. The van der Waals surface area contributed by atoms with E-state index in [1.807, 2.05) is 0 Å². The van der Waals surface area contributed by atoms with Gasteiger partial charge in [0.2, 0.25) is 0 Å². The number of carbonyl (C=O) groups is 4. The molecule has 0 saturated carbocycles. The number of imide groups is 1. The molecule has 0 atom stereocenters. The fourth-order valence-electron chi connectivity index (χ4n) is 2.89. The Balaban J connectivity index is 1.62. The summed E-state index contributed by atoms with van der Waals surface area (Å²) in [6.07, 6.45) is 0. The monoisotopic (exact) mass is 385 g/mol. The van der Waals surface area contributed by atoms with Crippen LogP contribution in [0.15, 0.2) is 30.3 Å². The molecule has 0 radical (unpaired) electrons. The number of nitrogens with one attached hydrogen (secondary N) is 2. The lowest BCUT2D eigenvalue weighted by Gasteiger charge is -2.19. The lowest BCUT2D eigenvalue weighted by atomic mass is 10.1. The average molecular weight is 386 g/mol. The van der Waals surface area contributed by atoms with Gasteiger partial charge >= 0.3 is 0 Å². The van der Waals surface area contributed by atoms with Gasteiger partial charge in [-0.25, -0.2) is 0 Å². The first-order chi connectivity index (χ1) is 12.8. The zero-order chi connectivity index (χ0) is 19.3. The summed E-state index contributed by atoms with van der Waals surface area (Å²) in [4.78, 5) is 48.9. The molecule has 0 saturated heterocycles. The van der Waals surface area contributed by atoms with E-state index in [1.165, 1.54) is 37.4 Å². The van der Waals surface area contributed by atoms with Gasteiger partial charge in [-0.3, -0.25) is 24.1 Å². The Hall–Kier alpha value is -3.39. The number of hydrogen-bond donors (Lipinski definition) is 2. The van der Waals surface area contributed by atoms with Gasteiger partial charge in [0.15, 0.2) is 6.61 Å². The van der Waals surface area contributed by atoms with Crippen molar-refractivity contribution in [2.45, 2.75) is 0 Å². The van der Waals surface area contributed by atoms with Crippen LogP contribution in [0.1, 0.15) is 31.1 Å².